The van der Waals surface area contributed by atoms with Crippen molar-refractivity contribution >= 4 is 17.7 Å². The largest absolute Gasteiger partial charge is 0.424 e. The maximum absolute atomic E-state index is 13.6. The van der Waals surface area contributed by atoms with Crippen molar-refractivity contribution in [1.29, 1.82) is 0 Å². The Kier molecular flexibility index (Phi) is 6.72. The predicted molar refractivity (Wildman–Crippen MR) is 102 cm³/mol. The second-order valence-corrected chi connectivity index (χ2v) is 9.04. The summed E-state index contributed by atoms with van der Waals surface area (Å²) < 4.78 is 42.0. The Hall–Kier alpha value is -1.42. The molecule has 0 saturated carbocycles. The van der Waals surface area contributed by atoms with E-state index in [1.807, 2.05) is 18.7 Å². The van der Waals surface area contributed by atoms with Gasteiger partial charge in [0.2, 0.25) is 5.60 Å². The van der Waals surface area contributed by atoms with Crippen molar-refractivity contribution in [2.24, 2.45) is 12.0 Å². The number of hydrogen-bond acceptors (Lipinski definition) is 4. The average Bonchev–Trinajstić information content (AvgIpc) is 2.98. The smallest absolute Gasteiger partial charge is 0.374 e. The van der Waals surface area contributed by atoms with Gasteiger partial charge < -0.3 is 19.9 Å². The van der Waals surface area contributed by atoms with E-state index in [0.29, 0.717) is 12.5 Å². The molecule has 27 heavy (non-hydrogen) atoms. The molecule has 0 amide bonds. The highest BCUT2D eigenvalue weighted by Crippen LogP contribution is 2.40. The van der Waals surface area contributed by atoms with Crippen molar-refractivity contribution in [2.45, 2.75) is 43.7 Å². The monoisotopic (exact) mass is 407 g/mol. The molecule has 154 valence electrons. The lowest BCUT2D eigenvalue weighted by atomic mass is 9.98. The van der Waals surface area contributed by atoms with Crippen molar-refractivity contribution in [2.75, 3.05) is 31.9 Å². The minimum absolute atomic E-state index is 0.0497. The van der Waals surface area contributed by atoms with Crippen LogP contribution in [0, 0.1) is 0 Å². The van der Waals surface area contributed by atoms with Crippen molar-refractivity contribution in [3.8, 4) is 0 Å². The van der Waals surface area contributed by atoms with Gasteiger partial charge in [-0.2, -0.15) is 24.9 Å². The van der Waals surface area contributed by atoms with Gasteiger partial charge in [0.1, 0.15) is 5.82 Å². The van der Waals surface area contributed by atoms with E-state index >= 15 is 0 Å². The number of alkyl halides is 3. The number of nitrogens with zero attached hydrogens (tertiary/aromatic N) is 4. The summed E-state index contributed by atoms with van der Waals surface area (Å²) in [7, 11) is 1.43. The molecule has 0 spiro atoms. The summed E-state index contributed by atoms with van der Waals surface area (Å²) in [6.45, 7) is 8.17. The van der Waals surface area contributed by atoms with E-state index in [0.717, 1.165) is 18.8 Å². The van der Waals surface area contributed by atoms with Gasteiger partial charge in [0.05, 0.1) is 0 Å². The molecule has 2 rings (SSSR count). The van der Waals surface area contributed by atoms with Gasteiger partial charge in [-0.3, -0.25) is 4.99 Å². The normalized spacial score (nSPS) is 20.4. The summed E-state index contributed by atoms with van der Waals surface area (Å²) in [5.74, 6) is 1.08. The van der Waals surface area contributed by atoms with Crippen LogP contribution in [0.15, 0.2) is 17.4 Å². The molecule has 0 aliphatic carbocycles. The molecule has 6 nitrogen and oxygen atoms in total. The molecule has 1 aromatic rings. The Labute approximate surface area is 162 Å². The van der Waals surface area contributed by atoms with Crippen LogP contribution in [0.4, 0.5) is 13.2 Å². The van der Waals surface area contributed by atoms with E-state index in [1.54, 1.807) is 0 Å². The zero-order valence-corrected chi connectivity index (χ0v) is 17.0. The number of thioether (sulfide) groups is 1. The molecule has 1 aromatic heterocycles. The maximum Gasteiger partial charge on any atom is 0.424 e. The predicted octanol–water partition coefficient (Wildman–Crippen LogP) is 2.35. The molecule has 0 bridgehead atoms. The standard InChI is InChI=1S/C17H28F3N5OS/c1-5-21-14(25-10-11-27-15(2,3)12-25)23-7-6-16(26,17(18,19)20)13-22-8-9-24(13)4/h8-9,26H,5-7,10-12H2,1-4H3,(H,21,23). The molecule has 1 atom stereocenters. The first-order valence-corrected chi connectivity index (χ1v) is 9.93. The van der Waals surface area contributed by atoms with Crippen LogP contribution in [0.25, 0.3) is 0 Å². The van der Waals surface area contributed by atoms with E-state index in [1.165, 1.54) is 24.0 Å². The second kappa shape index (κ2) is 8.30. The van der Waals surface area contributed by atoms with E-state index in [9.17, 15) is 18.3 Å². The van der Waals surface area contributed by atoms with Gasteiger partial charge in [-0.25, -0.2) is 4.98 Å². The lowest BCUT2D eigenvalue weighted by Gasteiger charge is -2.39. The van der Waals surface area contributed by atoms with Crippen LogP contribution >= 0.6 is 11.8 Å². The fourth-order valence-electron chi connectivity index (χ4n) is 3.09. The number of aliphatic imine (C=N–C) groups is 1. The highest BCUT2D eigenvalue weighted by molar-refractivity contribution is 8.00. The minimum atomic E-state index is -4.84. The summed E-state index contributed by atoms with van der Waals surface area (Å²) in [6, 6.07) is 0. The fourth-order valence-corrected chi connectivity index (χ4v) is 4.20. The zero-order chi connectivity index (χ0) is 20.3. The number of rotatable bonds is 5. The average molecular weight is 408 g/mol. The van der Waals surface area contributed by atoms with Crippen molar-refractivity contribution < 1.29 is 18.3 Å². The van der Waals surface area contributed by atoms with Crippen molar-refractivity contribution in [3.05, 3.63) is 18.2 Å². The Balaban J connectivity index is 2.18. The third kappa shape index (κ3) is 5.10. The first-order valence-electron chi connectivity index (χ1n) is 8.94. The number of imidazole rings is 1. The molecule has 10 heteroatoms. The Morgan fingerprint density at radius 1 is 1.44 bits per heavy atom. The van der Waals surface area contributed by atoms with E-state index in [-0.39, 0.29) is 11.3 Å². The van der Waals surface area contributed by atoms with Gasteiger partial charge in [-0.05, 0) is 20.8 Å². The third-order valence-electron chi connectivity index (χ3n) is 4.46. The van der Waals surface area contributed by atoms with E-state index < -0.39 is 24.0 Å². The molecular weight excluding hydrogens is 379 g/mol. The second-order valence-electron chi connectivity index (χ2n) is 7.24. The summed E-state index contributed by atoms with van der Waals surface area (Å²) in [6.07, 6.45) is -2.81. The summed E-state index contributed by atoms with van der Waals surface area (Å²) in [4.78, 5) is 10.1. The van der Waals surface area contributed by atoms with Crippen LogP contribution < -0.4 is 5.32 Å². The molecular formula is C17H28F3N5OS. The number of aromatic nitrogens is 2. The molecule has 0 aromatic carbocycles. The Morgan fingerprint density at radius 2 is 2.15 bits per heavy atom. The topological polar surface area (TPSA) is 65.7 Å². The molecule has 2 heterocycles. The van der Waals surface area contributed by atoms with Gasteiger partial charge in [0.25, 0.3) is 0 Å². The van der Waals surface area contributed by atoms with Crippen LogP contribution in [0.1, 0.15) is 33.0 Å². The van der Waals surface area contributed by atoms with Crippen LogP contribution in [0.3, 0.4) is 0 Å². The van der Waals surface area contributed by atoms with Crippen LogP contribution in [0.5, 0.6) is 0 Å². The quantitative estimate of drug-likeness (QED) is 0.580. The van der Waals surface area contributed by atoms with Gasteiger partial charge in [-0.15, -0.1) is 0 Å². The Morgan fingerprint density at radius 3 is 2.67 bits per heavy atom. The Bertz CT molecular complexity index is 661. The van der Waals surface area contributed by atoms with E-state index in [4.69, 9.17) is 0 Å². The summed E-state index contributed by atoms with van der Waals surface area (Å²) in [5, 5.41) is 13.6. The van der Waals surface area contributed by atoms with Crippen molar-refractivity contribution in [1.82, 2.24) is 19.8 Å². The number of aliphatic hydroxyl groups is 1. The number of hydrogen-bond donors (Lipinski definition) is 2. The maximum atomic E-state index is 13.6. The molecule has 1 saturated heterocycles. The SMILES string of the molecule is CCNC(=NCCC(O)(c1nccn1C)C(F)(F)F)N1CCSC(C)(C)C1. The lowest BCUT2D eigenvalue weighted by molar-refractivity contribution is -0.272. The highest BCUT2D eigenvalue weighted by Gasteiger charge is 2.57. The van der Waals surface area contributed by atoms with Gasteiger partial charge in [0, 0.05) is 62.5 Å². The molecule has 1 aliphatic heterocycles. The summed E-state index contributed by atoms with van der Waals surface area (Å²) >= 11 is 1.87. The third-order valence-corrected chi connectivity index (χ3v) is 5.75. The van der Waals surface area contributed by atoms with Crippen LogP contribution in [-0.4, -0.2) is 68.4 Å². The summed E-state index contributed by atoms with van der Waals surface area (Å²) in [5.41, 5.74) is -3.04. The molecule has 2 N–H and O–H groups in total. The van der Waals surface area contributed by atoms with Crippen LogP contribution in [0.2, 0.25) is 0 Å². The lowest BCUT2D eigenvalue weighted by Crippen LogP contribution is -2.51. The number of aryl methyl sites for hydroxylation is 1. The molecule has 0 radical (unpaired) electrons. The van der Waals surface area contributed by atoms with Gasteiger partial charge in [0.15, 0.2) is 5.96 Å². The fraction of sp³-hybridized carbons (Fsp3) is 0.765. The van der Waals surface area contributed by atoms with Crippen molar-refractivity contribution in [3.63, 3.8) is 0 Å². The molecule has 1 aliphatic rings. The van der Waals surface area contributed by atoms with Gasteiger partial charge >= 0.3 is 6.18 Å². The minimum Gasteiger partial charge on any atom is -0.374 e. The first-order chi connectivity index (χ1) is 12.5. The van der Waals surface area contributed by atoms with Gasteiger partial charge in [-0.1, -0.05) is 0 Å². The van der Waals surface area contributed by atoms with Crippen LogP contribution in [-0.2, 0) is 12.6 Å². The molecule has 1 fully saturated rings. The first kappa shape index (κ1) is 21.9. The number of guanidine groups is 1. The van der Waals surface area contributed by atoms with E-state index in [2.05, 4.69) is 34.0 Å². The zero-order valence-electron chi connectivity index (χ0n) is 16.2. The highest BCUT2D eigenvalue weighted by atomic mass is 32.2. The number of halogens is 3. The molecule has 1 unspecified atom stereocenters. The number of nitrogens with one attached hydrogen (secondary N) is 1.